The van der Waals surface area contributed by atoms with Crippen molar-refractivity contribution < 1.29 is 0 Å². The van der Waals surface area contributed by atoms with Crippen LogP contribution in [0, 0.1) is 17.8 Å². The summed E-state index contributed by atoms with van der Waals surface area (Å²) in [5.41, 5.74) is 0. The summed E-state index contributed by atoms with van der Waals surface area (Å²) in [5.74, 6) is 2.94. The molecule has 0 fully saturated rings. The molecule has 0 aromatic rings. The third-order valence-corrected chi connectivity index (χ3v) is 0.660. The first-order valence-electron chi connectivity index (χ1n) is 2.50. The second kappa shape index (κ2) is 4.20. The molecule has 0 heterocycles. The second-order valence-corrected chi connectivity index (χ2v) is 1.51. The molecule has 0 saturated heterocycles. The molecule has 0 aromatic carbocycles. The van der Waals surface area contributed by atoms with E-state index in [0.717, 1.165) is 0 Å². The van der Waals surface area contributed by atoms with E-state index in [9.17, 15) is 0 Å². The molecule has 0 spiro atoms. The lowest BCUT2D eigenvalue weighted by Gasteiger charge is -1.96. The Morgan fingerprint density at radius 2 is 2.50 bits per heavy atom. The van der Waals surface area contributed by atoms with E-state index in [0.29, 0.717) is 18.8 Å². The van der Waals surface area contributed by atoms with E-state index in [1.807, 2.05) is 0 Å². The van der Waals surface area contributed by atoms with Gasteiger partial charge < -0.3 is 5.32 Å². The molecule has 44 valence electrons. The van der Waals surface area contributed by atoms with E-state index in [2.05, 4.69) is 11.2 Å². The van der Waals surface area contributed by atoms with E-state index in [-0.39, 0.29) is 0 Å². The smallest absolute Gasteiger partial charge is 0.0900 e. The Hall–Kier alpha value is -0.970. The van der Waals surface area contributed by atoms with Crippen molar-refractivity contribution in [3.8, 4) is 12.3 Å². The van der Waals surface area contributed by atoms with Gasteiger partial charge in [-0.25, -0.2) is 0 Å². The van der Waals surface area contributed by atoms with Crippen LogP contribution in [0.15, 0.2) is 0 Å². The largest absolute Gasteiger partial charge is 0.373 e. The SMILES string of the molecule is C#CCCNC(C)=N. The highest BCUT2D eigenvalue weighted by Gasteiger charge is 1.80. The zero-order valence-corrected chi connectivity index (χ0v) is 4.99. The summed E-state index contributed by atoms with van der Waals surface area (Å²) >= 11 is 0. The molecular formula is C6H10N2. The monoisotopic (exact) mass is 110 g/mol. The summed E-state index contributed by atoms with van der Waals surface area (Å²) in [6, 6.07) is 0. The van der Waals surface area contributed by atoms with E-state index < -0.39 is 0 Å². The van der Waals surface area contributed by atoms with Crippen LogP contribution in [-0.2, 0) is 0 Å². The predicted octanol–water partition coefficient (Wildman–Crippen LogP) is 0.596. The summed E-state index contributed by atoms with van der Waals surface area (Å²) < 4.78 is 0. The molecule has 0 radical (unpaired) electrons. The van der Waals surface area contributed by atoms with Crippen LogP contribution in [0.5, 0.6) is 0 Å². The molecule has 2 N–H and O–H groups in total. The molecule has 0 aliphatic carbocycles. The van der Waals surface area contributed by atoms with Gasteiger partial charge in [0.25, 0.3) is 0 Å². The van der Waals surface area contributed by atoms with Crippen molar-refractivity contribution >= 4 is 5.84 Å². The van der Waals surface area contributed by atoms with Crippen LogP contribution in [0.4, 0.5) is 0 Å². The number of hydrogen-bond acceptors (Lipinski definition) is 1. The molecular weight excluding hydrogens is 100 g/mol. The van der Waals surface area contributed by atoms with Crippen molar-refractivity contribution in [2.45, 2.75) is 13.3 Å². The molecule has 0 amide bonds. The molecule has 2 heteroatoms. The van der Waals surface area contributed by atoms with Gasteiger partial charge in [0.05, 0.1) is 5.84 Å². The molecule has 0 rings (SSSR count). The Morgan fingerprint density at radius 3 is 2.88 bits per heavy atom. The molecule has 0 unspecified atom stereocenters. The van der Waals surface area contributed by atoms with Crippen molar-refractivity contribution in [2.75, 3.05) is 6.54 Å². The molecule has 8 heavy (non-hydrogen) atoms. The number of terminal acetylenes is 1. The lowest BCUT2D eigenvalue weighted by molar-refractivity contribution is 0.894. The maximum Gasteiger partial charge on any atom is 0.0900 e. The summed E-state index contributed by atoms with van der Waals surface area (Å²) in [4.78, 5) is 0. The summed E-state index contributed by atoms with van der Waals surface area (Å²) in [7, 11) is 0. The van der Waals surface area contributed by atoms with Gasteiger partial charge in [-0.3, -0.25) is 5.41 Å². The minimum atomic E-state index is 0.472. The second-order valence-electron chi connectivity index (χ2n) is 1.51. The van der Waals surface area contributed by atoms with Crippen LogP contribution in [-0.4, -0.2) is 12.4 Å². The topological polar surface area (TPSA) is 35.9 Å². The minimum Gasteiger partial charge on any atom is -0.373 e. The minimum absolute atomic E-state index is 0.472. The molecule has 0 bridgehead atoms. The number of hydrogen-bond donors (Lipinski definition) is 2. The van der Waals surface area contributed by atoms with Crippen LogP contribution < -0.4 is 5.32 Å². The van der Waals surface area contributed by atoms with E-state index >= 15 is 0 Å². The zero-order chi connectivity index (χ0) is 6.41. The van der Waals surface area contributed by atoms with Gasteiger partial charge in [-0.05, 0) is 6.92 Å². The first-order chi connectivity index (χ1) is 3.77. The highest BCUT2D eigenvalue weighted by molar-refractivity contribution is 5.75. The first-order valence-corrected chi connectivity index (χ1v) is 2.50. The van der Waals surface area contributed by atoms with Crippen LogP contribution >= 0.6 is 0 Å². The maximum absolute atomic E-state index is 6.89. The summed E-state index contributed by atoms with van der Waals surface area (Å²) in [6.45, 7) is 2.41. The van der Waals surface area contributed by atoms with E-state index in [4.69, 9.17) is 11.8 Å². The Morgan fingerprint density at radius 1 is 1.88 bits per heavy atom. The summed E-state index contributed by atoms with van der Waals surface area (Å²) in [6.07, 6.45) is 5.64. The van der Waals surface area contributed by atoms with Crippen LogP contribution in [0.25, 0.3) is 0 Å². The number of amidine groups is 1. The predicted molar refractivity (Wildman–Crippen MR) is 34.9 cm³/mol. The lowest BCUT2D eigenvalue weighted by atomic mass is 10.4. The maximum atomic E-state index is 6.89. The Labute approximate surface area is 49.8 Å². The quantitative estimate of drug-likeness (QED) is 0.232. The highest BCUT2D eigenvalue weighted by Crippen LogP contribution is 1.68. The van der Waals surface area contributed by atoms with E-state index in [1.54, 1.807) is 6.92 Å². The van der Waals surface area contributed by atoms with Gasteiger partial charge >= 0.3 is 0 Å². The van der Waals surface area contributed by atoms with Crippen LogP contribution in [0.1, 0.15) is 13.3 Å². The van der Waals surface area contributed by atoms with Crippen molar-refractivity contribution in [3.63, 3.8) is 0 Å². The zero-order valence-electron chi connectivity index (χ0n) is 4.99. The lowest BCUT2D eigenvalue weighted by Crippen LogP contribution is -2.19. The standard InChI is InChI=1S/C6H10N2/c1-3-4-5-8-6(2)7/h1H,4-5H2,2H3,(H2,7,8). The molecule has 0 aliphatic heterocycles. The average molecular weight is 110 g/mol. The third kappa shape index (κ3) is 5.03. The molecule has 0 atom stereocenters. The van der Waals surface area contributed by atoms with Crippen LogP contribution in [0.2, 0.25) is 0 Å². The Kier molecular flexibility index (Phi) is 3.69. The number of rotatable bonds is 2. The first kappa shape index (κ1) is 7.03. The third-order valence-electron chi connectivity index (χ3n) is 0.660. The Balaban J connectivity index is 2.97. The van der Waals surface area contributed by atoms with Crippen molar-refractivity contribution in [3.05, 3.63) is 0 Å². The highest BCUT2D eigenvalue weighted by atomic mass is 14.9. The van der Waals surface area contributed by atoms with Gasteiger partial charge in [0.1, 0.15) is 0 Å². The van der Waals surface area contributed by atoms with Gasteiger partial charge in [0.2, 0.25) is 0 Å². The van der Waals surface area contributed by atoms with Crippen molar-refractivity contribution in [2.24, 2.45) is 0 Å². The summed E-state index contributed by atoms with van der Waals surface area (Å²) in [5, 5.41) is 9.68. The van der Waals surface area contributed by atoms with Crippen molar-refractivity contribution in [1.29, 1.82) is 5.41 Å². The van der Waals surface area contributed by atoms with Gasteiger partial charge in [0, 0.05) is 13.0 Å². The fraction of sp³-hybridized carbons (Fsp3) is 0.500. The fourth-order valence-corrected chi connectivity index (χ4v) is 0.322. The number of nitrogens with one attached hydrogen (secondary N) is 2. The average Bonchev–Trinajstić information content (AvgIpc) is 1.66. The van der Waals surface area contributed by atoms with Gasteiger partial charge in [-0.2, -0.15) is 0 Å². The van der Waals surface area contributed by atoms with E-state index in [1.165, 1.54) is 0 Å². The van der Waals surface area contributed by atoms with Crippen molar-refractivity contribution in [1.82, 2.24) is 5.32 Å². The van der Waals surface area contributed by atoms with Gasteiger partial charge in [0.15, 0.2) is 0 Å². The normalized spacial score (nSPS) is 7.50. The molecule has 2 nitrogen and oxygen atoms in total. The fourth-order valence-electron chi connectivity index (χ4n) is 0.322. The molecule has 0 aliphatic rings. The van der Waals surface area contributed by atoms with Gasteiger partial charge in [-0.1, -0.05) is 0 Å². The van der Waals surface area contributed by atoms with Gasteiger partial charge in [-0.15, -0.1) is 12.3 Å². The molecule has 0 saturated carbocycles. The molecule has 0 aromatic heterocycles. The van der Waals surface area contributed by atoms with Crippen LogP contribution in [0.3, 0.4) is 0 Å². The Bertz CT molecular complexity index is 110.